The second-order valence-corrected chi connectivity index (χ2v) is 5.57. The number of carbonyl (C=O) groups is 1. The van der Waals surface area contributed by atoms with Crippen LogP contribution in [0, 0.1) is 5.92 Å². The number of rotatable bonds is 6. The van der Waals surface area contributed by atoms with E-state index in [2.05, 4.69) is 48.4 Å². The molecule has 0 radical (unpaired) electrons. The highest BCUT2D eigenvalue weighted by Crippen LogP contribution is 2.26. The molecule has 1 aromatic rings. The molecule has 0 spiro atoms. The maximum Gasteiger partial charge on any atom is 0.320 e. The normalized spacial score (nSPS) is 12.5. The fourth-order valence-electron chi connectivity index (χ4n) is 1.50. The zero-order valence-electron chi connectivity index (χ0n) is 11.4. The topological polar surface area (TPSA) is 38.3 Å². The Morgan fingerprint density at radius 2 is 2.11 bits per heavy atom. The van der Waals surface area contributed by atoms with Crippen LogP contribution in [-0.2, 0) is 9.53 Å². The molecule has 0 saturated carbocycles. The highest BCUT2D eigenvalue weighted by molar-refractivity contribution is 7.97. The molecule has 1 aromatic carbocycles. The fraction of sp³-hybridized carbons (Fsp3) is 0.500. The van der Waals surface area contributed by atoms with Gasteiger partial charge in [-0.1, -0.05) is 32.9 Å². The molecule has 18 heavy (non-hydrogen) atoms. The van der Waals surface area contributed by atoms with Gasteiger partial charge in [0.15, 0.2) is 0 Å². The van der Waals surface area contributed by atoms with E-state index in [-0.39, 0.29) is 12.5 Å². The Labute approximate surface area is 113 Å². The molecule has 1 unspecified atom stereocenters. The summed E-state index contributed by atoms with van der Waals surface area (Å²) in [4.78, 5) is 12.1. The predicted molar refractivity (Wildman–Crippen MR) is 75.6 cm³/mol. The molecule has 0 aliphatic heterocycles. The Kier molecular flexibility index (Phi) is 6.22. The third-order valence-electron chi connectivity index (χ3n) is 3.02. The Hall–Kier alpha value is -1.00. The van der Waals surface area contributed by atoms with Gasteiger partial charge in [-0.2, -0.15) is 0 Å². The van der Waals surface area contributed by atoms with Gasteiger partial charge in [0.2, 0.25) is 0 Å². The van der Waals surface area contributed by atoms with E-state index < -0.39 is 0 Å². The number of ether oxygens (including phenoxy) is 1. The SMILES string of the molecule is COC(=O)CNSc1cccc(C(C)C(C)C)c1. The second-order valence-electron chi connectivity index (χ2n) is 4.60. The van der Waals surface area contributed by atoms with Gasteiger partial charge >= 0.3 is 5.97 Å². The van der Waals surface area contributed by atoms with Gasteiger partial charge < -0.3 is 4.74 Å². The largest absolute Gasteiger partial charge is 0.468 e. The van der Waals surface area contributed by atoms with Gasteiger partial charge in [0.25, 0.3) is 0 Å². The maximum absolute atomic E-state index is 11.0. The van der Waals surface area contributed by atoms with Gasteiger partial charge in [-0.25, -0.2) is 4.72 Å². The third kappa shape index (κ3) is 4.70. The Bertz CT molecular complexity index is 393. The Balaban J connectivity index is 2.57. The number of benzene rings is 1. The lowest BCUT2D eigenvalue weighted by Gasteiger charge is -2.16. The summed E-state index contributed by atoms with van der Waals surface area (Å²) in [6.45, 7) is 6.89. The Morgan fingerprint density at radius 1 is 1.39 bits per heavy atom. The van der Waals surface area contributed by atoms with E-state index >= 15 is 0 Å². The van der Waals surface area contributed by atoms with Crippen LogP contribution in [0.2, 0.25) is 0 Å². The third-order valence-corrected chi connectivity index (χ3v) is 3.80. The van der Waals surface area contributed by atoms with Crippen molar-refractivity contribution < 1.29 is 9.53 Å². The van der Waals surface area contributed by atoms with E-state index in [0.717, 1.165) is 4.90 Å². The van der Waals surface area contributed by atoms with Crippen LogP contribution in [0.4, 0.5) is 0 Å². The van der Waals surface area contributed by atoms with Crippen LogP contribution in [0.3, 0.4) is 0 Å². The molecule has 3 nitrogen and oxygen atoms in total. The summed E-state index contributed by atoms with van der Waals surface area (Å²) in [7, 11) is 1.39. The molecule has 1 rings (SSSR count). The molecular weight excluding hydrogens is 246 g/mol. The summed E-state index contributed by atoms with van der Waals surface area (Å²) >= 11 is 1.46. The quantitative estimate of drug-likeness (QED) is 0.634. The molecule has 0 bridgehead atoms. The van der Waals surface area contributed by atoms with Gasteiger partial charge in [-0.3, -0.25) is 4.79 Å². The average molecular weight is 267 g/mol. The van der Waals surface area contributed by atoms with Crippen molar-refractivity contribution in [2.75, 3.05) is 13.7 Å². The van der Waals surface area contributed by atoms with Crippen molar-refractivity contribution in [2.45, 2.75) is 31.6 Å². The van der Waals surface area contributed by atoms with Crippen molar-refractivity contribution in [3.05, 3.63) is 29.8 Å². The van der Waals surface area contributed by atoms with Gasteiger partial charge in [0.05, 0.1) is 7.11 Å². The van der Waals surface area contributed by atoms with E-state index in [9.17, 15) is 4.79 Å². The molecule has 0 heterocycles. The molecule has 0 aliphatic carbocycles. The first-order chi connectivity index (χ1) is 8.54. The smallest absolute Gasteiger partial charge is 0.320 e. The molecular formula is C14H21NO2S. The number of nitrogens with one attached hydrogen (secondary N) is 1. The summed E-state index contributed by atoms with van der Waals surface area (Å²) in [6, 6.07) is 8.40. The molecule has 1 N–H and O–H groups in total. The van der Waals surface area contributed by atoms with E-state index in [1.54, 1.807) is 0 Å². The minimum absolute atomic E-state index is 0.213. The van der Waals surface area contributed by atoms with Crippen molar-refractivity contribution in [3.63, 3.8) is 0 Å². The standard InChI is InChI=1S/C14H21NO2S/c1-10(2)11(3)12-6-5-7-13(8-12)18-15-9-14(16)17-4/h5-8,10-11,15H,9H2,1-4H3. The minimum atomic E-state index is -0.255. The first kappa shape index (κ1) is 15.1. The van der Waals surface area contributed by atoms with Crippen LogP contribution in [0.5, 0.6) is 0 Å². The minimum Gasteiger partial charge on any atom is -0.468 e. The second kappa shape index (κ2) is 7.44. The molecule has 1 atom stereocenters. The van der Waals surface area contributed by atoms with Gasteiger partial charge in [0.1, 0.15) is 6.54 Å². The molecule has 100 valence electrons. The van der Waals surface area contributed by atoms with Gasteiger partial charge in [-0.05, 0) is 41.5 Å². The molecule has 0 fully saturated rings. The first-order valence-corrected chi connectivity index (χ1v) is 6.92. The molecule has 0 saturated heterocycles. The number of methoxy groups -OCH3 is 1. The van der Waals surface area contributed by atoms with Crippen molar-refractivity contribution in [1.82, 2.24) is 4.72 Å². The average Bonchev–Trinajstić information content (AvgIpc) is 2.37. The summed E-state index contributed by atoms with van der Waals surface area (Å²) in [5.74, 6) is 0.897. The zero-order chi connectivity index (χ0) is 13.5. The maximum atomic E-state index is 11.0. The highest BCUT2D eigenvalue weighted by Gasteiger charge is 2.10. The van der Waals surface area contributed by atoms with Gasteiger partial charge in [-0.15, -0.1) is 0 Å². The van der Waals surface area contributed by atoms with Crippen molar-refractivity contribution in [1.29, 1.82) is 0 Å². The van der Waals surface area contributed by atoms with Gasteiger partial charge in [0, 0.05) is 4.90 Å². The lowest BCUT2D eigenvalue weighted by Crippen LogP contribution is -2.17. The predicted octanol–water partition coefficient (Wildman–Crippen LogP) is 3.22. The van der Waals surface area contributed by atoms with Crippen LogP contribution in [0.15, 0.2) is 29.2 Å². The van der Waals surface area contributed by atoms with E-state index in [0.29, 0.717) is 11.8 Å². The number of carbonyl (C=O) groups excluding carboxylic acids is 1. The fourth-order valence-corrected chi connectivity index (χ4v) is 2.19. The van der Waals surface area contributed by atoms with E-state index in [4.69, 9.17) is 0 Å². The monoisotopic (exact) mass is 267 g/mol. The summed E-state index contributed by atoms with van der Waals surface area (Å²) in [5, 5.41) is 0. The van der Waals surface area contributed by atoms with Crippen LogP contribution in [-0.4, -0.2) is 19.6 Å². The van der Waals surface area contributed by atoms with Crippen LogP contribution in [0.25, 0.3) is 0 Å². The van der Waals surface area contributed by atoms with Crippen LogP contribution < -0.4 is 4.72 Å². The number of esters is 1. The summed E-state index contributed by atoms with van der Waals surface area (Å²) < 4.78 is 7.56. The van der Waals surface area contributed by atoms with E-state index in [1.165, 1.54) is 24.6 Å². The first-order valence-electron chi connectivity index (χ1n) is 6.11. The van der Waals surface area contributed by atoms with E-state index in [1.807, 2.05) is 6.07 Å². The van der Waals surface area contributed by atoms with Crippen molar-refractivity contribution >= 4 is 17.9 Å². The Morgan fingerprint density at radius 3 is 2.72 bits per heavy atom. The molecule has 4 heteroatoms. The number of hydrogen-bond donors (Lipinski definition) is 1. The van der Waals surface area contributed by atoms with Crippen LogP contribution in [0.1, 0.15) is 32.3 Å². The lowest BCUT2D eigenvalue weighted by molar-refractivity contribution is -0.139. The van der Waals surface area contributed by atoms with Crippen LogP contribution >= 0.6 is 11.9 Å². The molecule has 0 aromatic heterocycles. The number of hydrogen-bond acceptors (Lipinski definition) is 4. The zero-order valence-corrected chi connectivity index (χ0v) is 12.2. The summed E-state index contributed by atoms with van der Waals surface area (Å²) in [6.07, 6.45) is 0. The summed E-state index contributed by atoms with van der Waals surface area (Å²) in [5.41, 5.74) is 1.33. The highest BCUT2D eigenvalue weighted by atomic mass is 32.2. The van der Waals surface area contributed by atoms with Crippen molar-refractivity contribution in [2.24, 2.45) is 5.92 Å². The molecule has 0 aliphatic rings. The molecule has 0 amide bonds. The lowest BCUT2D eigenvalue weighted by atomic mass is 9.90. The van der Waals surface area contributed by atoms with Crippen molar-refractivity contribution in [3.8, 4) is 0 Å².